The van der Waals surface area contributed by atoms with Crippen molar-refractivity contribution < 1.29 is 22.7 Å². The molecule has 1 heterocycles. The summed E-state index contributed by atoms with van der Waals surface area (Å²) in [5, 5.41) is 2.86. The zero-order valence-electron chi connectivity index (χ0n) is 21.9. The van der Waals surface area contributed by atoms with Crippen molar-refractivity contribution in [2.45, 2.75) is 50.7 Å². The molecule has 0 aliphatic carbocycles. The Morgan fingerprint density at radius 3 is 2.29 bits per heavy atom. The SMILES string of the molecule is CCNS(=O)(=O)c1ccc(CCC(=O)N(Cc2ccc(OC)cc2)[C@H](C)C(=O)NCc2ccccn2)cc1. The third-order valence-electron chi connectivity index (χ3n) is 6.04. The lowest BCUT2D eigenvalue weighted by Crippen LogP contribution is -2.47. The van der Waals surface area contributed by atoms with Crippen LogP contribution in [0.25, 0.3) is 0 Å². The topological polar surface area (TPSA) is 118 Å². The van der Waals surface area contributed by atoms with Crippen molar-refractivity contribution in [1.82, 2.24) is 19.9 Å². The van der Waals surface area contributed by atoms with Gasteiger partial charge in [0.1, 0.15) is 11.8 Å². The van der Waals surface area contributed by atoms with Gasteiger partial charge in [-0.3, -0.25) is 14.6 Å². The molecule has 3 rings (SSSR count). The minimum absolute atomic E-state index is 0.160. The Hall–Kier alpha value is -3.76. The maximum atomic E-state index is 13.4. The molecular formula is C28H34N4O5S. The molecule has 1 aromatic heterocycles. The van der Waals surface area contributed by atoms with Crippen LogP contribution in [0.15, 0.2) is 77.8 Å². The van der Waals surface area contributed by atoms with Crippen molar-refractivity contribution in [3.8, 4) is 5.75 Å². The molecule has 0 aliphatic heterocycles. The summed E-state index contributed by atoms with van der Waals surface area (Å²) in [5.74, 6) is 0.230. The highest BCUT2D eigenvalue weighted by Gasteiger charge is 2.26. The zero-order valence-corrected chi connectivity index (χ0v) is 22.7. The van der Waals surface area contributed by atoms with Crippen molar-refractivity contribution in [2.75, 3.05) is 13.7 Å². The number of methoxy groups -OCH3 is 1. The second-order valence-corrected chi connectivity index (χ2v) is 10.5. The number of ether oxygens (including phenoxy) is 1. The molecule has 0 saturated carbocycles. The first-order valence-electron chi connectivity index (χ1n) is 12.4. The number of carbonyl (C=O) groups is 2. The zero-order chi connectivity index (χ0) is 27.5. The first-order chi connectivity index (χ1) is 18.2. The van der Waals surface area contributed by atoms with Crippen molar-refractivity contribution >= 4 is 21.8 Å². The Kier molecular flexibility index (Phi) is 10.4. The molecule has 0 spiro atoms. The van der Waals surface area contributed by atoms with E-state index in [9.17, 15) is 18.0 Å². The molecule has 2 amide bonds. The molecular weight excluding hydrogens is 504 g/mol. The fourth-order valence-corrected chi connectivity index (χ4v) is 4.88. The standard InChI is InChI=1S/C28H34N4O5S/c1-4-31-38(35,36)26-15-10-22(11-16-26)12-17-27(33)32(20-23-8-13-25(37-3)14-9-23)21(2)28(34)30-19-24-7-5-6-18-29-24/h5-11,13-16,18,21,31H,4,12,17,19-20H2,1-3H3,(H,30,34)/t21-/m1/s1. The summed E-state index contributed by atoms with van der Waals surface area (Å²) in [4.78, 5) is 32.3. The van der Waals surface area contributed by atoms with Gasteiger partial charge in [0, 0.05) is 25.7 Å². The van der Waals surface area contributed by atoms with Crippen LogP contribution in [-0.2, 0) is 39.1 Å². The smallest absolute Gasteiger partial charge is 0.242 e. The molecule has 0 saturated heterocycles. The van der Waals surface area contributed by atoms with Gasteiger partial charge < -0.3 is 15.0 Å². The maximum absolute atomic E-state index is 13.4. The van der Waals surface area contributed by atoms with Crippen LogP contribution in [0.2, 0.25) is 0 Å². The van der Waals surface area contributed by atoms with Crippen LogP contribution >= 0.6 is 0 Å². The van der Waals surface area contributed by atoms with E-state index < -0.39 is 16.1 Å². The average molecular weight is 539 g/mol. The summed E-state index contributed by atoms with van der Waals surface area (Å²) in [6.45, 7) is 4.23. The first kappa shape index (κ1) is 28.8. The van der Waals surface area contributed by atoms with E-state index in [1.807, 2.05) is 36.4 Å². The molecule has 3 aromatic rings. The van der Waals surface area contributed by atoms with Crippen molar-refractivity contribution in [2.24, 2.45) is 0 Å². The fourth-order valence-electron chi connectivity index (χ4n) is 3.84. The second kappa shape index (κ2) is 13.7. The molecule has 202 valence electrons. The lowest BCUT2D eigenvalue weighted by Gasteiger charge is -2.29. The van der Waals surface area contributed by atoms with Crippen LogP contribution in [0.1, 0.15) is 37.1 Å². The third-order valence-corrected chi connectivity index (χ3v) is 7.61. The van der Waals surface area contributed by atoms with E-state index in [2.05, 4.69) is 15.0 Å². The third kappa shape index (κ3) is 8.12. The van der Waals surface area contributed by atoms with Crippen molar-refractivity contribution in [3.63, 3.8) is 0 Å². The molecule has 2 N–H and O–H groups in total. The lowest BCUT2D eigenvalue weighted by molar-refractivity contribution is -0.140. The van der Waals surface area contributed by atoms with Gasteiger partial charge in [-0.15, -0.1) is 0 Å². The number of amides is 2. The predicted octanol–water partition coefficient (Wildman–Crippen LogP) is 3.05. The molecule has 38 heavy (non-hydrogen) atoms. The van der Waals surface area contributed by atoms with Crippen LogP contribution < -0.4 is 14.8 Å². The van der Waals surface area contributed by atoms with Gasteiger partial charge in [0.05, 0.1) is 24.2 Å². The molecule has 0 unspecified atom stereocenters. The van der Waals surface area contributed by atoms with Crippen LogP contribution in [-0.4, -0.2) is 49.8 Å². The summed E-state index contributed by atoms with van der Waals surface area (Å²) in [5.41, 5.74) is 2.41. The Morgan fingerprint density at radius 2 is 1.68 bits per heavy atom. The van der Waals surface area contributed by atoms with Crippen LogP contribution in [0.5, 0.6) is 5.75 Å². The molecule has 10 heteroatoms. The number of hydrogen-bond acceptors (Lipinski definition) is 6. The van der Waals surface area contributed by atoms with E-state index >= 15 is 0 Å². The highest BCUT2D eigenvalue weighted by Crippen LogP contribution is 2.17. The van der Waals surface area contributed by atoms with Gasteiger partial charge in [-0.25, -0.2) is 13.1 Å². The summed E-state index contributed by atoms with van der Waals surface area (Å²) in [7, 11) is -1.96. The van der Waals surface area contributed by atoms with Crippen LogP contribution in [0.3, 0.4) is 0 Å². The maximum Gasteiger partial charge on any atom is 0.242 e. The Labute approximate surface area is 224 Å². The van der Waals surface area contributed by atoms with Crippen molar-refractivity contribution in [1.29, 1.82) is 0 Å². The quantitative estimate of drug-likeness (QED) is 0.345. The highest BCUT2D eigenvalue weighted by molar-refractivity contribution is 7.89. The van der Waals surface area contributed by atoms with E-state index in [0.717, 1.165) is 16.8 Å². The van der Waals surface area contributed by atoms with Crippen molar-refractivity contribution in [3.05, 3.63) is 89.7 Å². The normalized spacial score (nSPS) is 12.0. The van der Waals surface area contributed by atoms with Gasteiger partial charge in [0.25, 0.3) is 0 Å². The van der Waals surface area contributed by atoms with E-state index in [-0.39, 0.29) is 36.2 Å². The number of aryl methyl sites for hydroxylation is 1. The van der Waals surface area contributed by atoms with E-state index in [4.69, 9.17) is 4.74 Å². The summed E-state index contributed by atoms with van der Waals surface area (Å²) >= 11 is 0. The molecule has 0 aliphatic rings. The van der Waals surface area contributed by atoms with Gasteiger partial charge in [-0.1, -0.05) is 37.3 Å². The van der Waals surface area contributed by atoms with Crippen LogP contribution in [0.4, 0.5) is 0 Å². The molecule has 9 nitrogen and oxygen atoms in total. The Balaban J connectivity index is 1.70. The van der Waals surface area contributed by atoms with E-state index in [1.165, 1.54) is 12.1 Å². The minimum Gasteiger partial charge on any atom is -0.497 e. The number of benzene rings is 2. The number of nitrogens with one attached hydrogen (secondary N) is 2. The van der Waals surface area contributed by atoms with Gasteiger partial charge in [-0.05, 0) is 60.9 Å². The van der Waals surface area contributed by atoms with Crippen LogP contribution in [0, 0.1) is 0 Å². The second-order valence-electron chi connectivity index (χ2n) is 8.73. The number of pyridine rings is 1. The number of aromatic nitrogens is 1. The highest BCUT2D eigenvalue weighted by atomic mass is 32.2. The van der Waals surface area contributed by atoms with Gasteiger partial charge in [-0.2, -0.15) is 0 Å². The fraction of sp³-hybridized carbons (Fsp3) is 0.321. The lowest BCUT2D eigenvalue weighted by atomic mass is 10.1. The predicted molar refractivity (Wildman–Crippen MR) is 145 cm³/mol. The molecule has 0 bridgehead atoms. The molecule has 1 atom stereocenters. The van der Waals surface area contributed by atoms with Gasteiger partial charge in [0.15, 0.2) is 0 Å². The number of hydrogen-bond donors (Lipinski definition) is 2. The number of nitrogens with zero attached hydrogens (tertiary/aromatic N) is 2. The first-order valence-corrected chi connectivity index (χ1v) is 13.9. The van der Waals surface area contributed by atoms with Gasteiger partial charge >= 0.3 is 0 Å². The average Bonchev–Trinajstić information content (AvgIpc) is 2.94. The Morgan fingerprint density at radius 1 is 1.00 bits per heavy atom. The van der Waals surface area contributed by atoms with E-state index in [0.29, 0.717) is 18.7 Å². The number of rotatable bonds is 13. The summed E-state index contributed by atoms with van der Waals surface area (Å²) in [6, 6.07) is 18.6. The molecule has 2 aromatic carbocycles. The largest absolute Gasteiger partial charge is 0.497 e. The number of sulfonamides is 1. The summed E-state index contributed by atoms with van der Waals surface area (Å²) < 4.78 is 32.0. The monoisotopic (exact) mass is 538 g/mol. The van der Waals surface area contributed by atoms with Gasteiger partial charge in [0.2, 0.25) is 21.8 Å². The van der Waals surface area contributed by atoms with E-state index in [1.54, 1.807) is 50.3 Å². The minimum atomic E-state index is -3.54. The number of carbonyl (C=O) groups excluding carboxylic acids is 2. The molecule has 0 fully saturated rings. The Bertz CT molecular complexity index is 1300. The summed E-state index contributed by atoms with van der Waals surface area (Å²) in [6.07, 6.45) is 2.22. The molecule has 0 radical (unpaired) electrons.